The largest absolute Gasteiger partial charge is 0.355 e. The van der Waals surface area contributed by atoms with E-state index in [9.17, 15) is 4.39 Å². The molecule has 1 aromatic rings. The molecule has 1 atom stereocenters. The Balaban J connectivity index is 2.07. The van der Waals surface area contributed by atoms with Crippen molar-refractivity contribution in [3.05, 3.63) is 35.6 Å². The van der Waals surface area contributed by atoms with E-state index in [1.807, 2.05) is 13.0 Å². The van der Waals surface area contributed by atoms with Gasteiger partial charge in [0.2, 0.25) is 0 Å². The van der Waals surface area contributed by atoms with Gasteiger partial charge in [0.1, 0.15) is 5.82 Å². The molecular weight excluding hydrogens is 193 g/mol. The lowest BCUT2D eigenvalue weighted by Gasteiger charge is -2.15. The second kappa shape index (κ2) is 4.29. The first-order valence-corrected chi connectivity index (χ1v) is 5.06. The summed E-state index contributed by atoms with van der Waals surface area (Å²) in [5.41, 5.74) is 0.661. The highest BCUT2D eigenvalue weighted by molar-refractivity contribution is 5.81. The van der Waals surface area contributed by atoms with Crippen LogP contribution in [0.25, 0.3) is 0 Å². The van der Waals surface area contributed by atoms with Gasteiger partial charge in [-0.25, -0.2) is 4.39 Å². The van der Waals surface area contributed by atoms with Gasteiger partial charge in [0.05, 0.1) is 12.6 Å². The molecule has 0 fully saturated rings. The Hall–Kier alpha value is -1.58. The molecule has 0 saturated heterocycles. The Bertz CT molecular complexity index is 376. The number of benzene rings is 1. The van der Waals surface area contributed by atoms with Gasteiger partial charge in [0, 0.05) is 12.1 Å². The van der Waals surface area contributed by atoms with Crippen LogP contribution in [-0.4, -0.2) is 19.0 Å². The number of nitrogens with zero attached hydrogens (tertiary/aromatic N) is 1. The first kappa shape index (κ1) is 9.96. The molecule has 4 heteroatoms. The summed E-state index contributed by atoms with van der Waals surface area (Å²) in [6.07, 6.45) is 0. The van der Waals surface area contributed by atoms with E-state index in [-0.39, 0.29) is 11.9 Å². The summed E-state index contributed by atoms with van der Waals surface area (Å²) in [6.45, 7) is 3.56. The van der Waals surface area contributed by atoms with Crippen molar-refractivity contribution in [1.82, 2.24) is 10.6 Å². The quantitative estimate of drug-likeness (QED) is 0.769. The molecule has 1 aliphatic heterocycles. The first-order valence-electron chi connectivity index (χ1n) is 5.06. The van der Waals surface area contributed by atoms with E-state index in [1.54, 1.807) is 12.1 Å². The standard InChI is InChI=1S/C11H14FN3/c1-8(15-11-13-6-7-14-11)9-4-2-3-5-10(9)12/h2-5,8H,6-7H2,1H3,(H2,13,14,15). The zero-order chi connectivity index (χ0) is 10.7. The van der Waals surface area contributed by atoms with Gasteiger partial charge in [-0.3, -0.25) is 4.99 Å². The SMILES string of the molecule is CC(NC1=NCCN1)c1ccccc1F. The van der Waals surface area contributed by atoms with E-state index in [0.717, 1.165) is 19.0 Å². The van der Waals surface area contributed by atoms with Crippen LogP contribution < -0.4 is 10.6 Å². The third kappa shape index (κ3) is 2.26. The fraction of sp³-hybridized carbons (Fsp3) is 0.364. The lowest BCUT2D eigenvalue weighted by molar-refractivity contribution is 0.577. The van der Waals surface area contributed by atoms with Crippen LogP contribution in [0.1, 0.15) is 18.5 Å². The zero-order valence-electron chi connectivity index (χ0n) is 8.63. The van der Waals surface area contributed by atoms with Crippen molar-refractivity contribution in [2.75, 3.05) is 13.1 Å². The van der Waals surface area contributed by atoms with Gasteiger partial charge in [-0.1, -0.05) is 18.2 Å². The molecule has 0 aromatic heterocycles. The Morgan fingerprint density at radius 1 is 1.47 bits per heavy atom. The van der Waals surface area contributed by atoms with Crippen molar-refractivity contribution in [2.24, 2.45) is 4.99 Å². The summed E-state index contributed by atoms with van der Waals surface area (Å²) in [6, 6.07) is 6.70. The smallest absolute Gasteiger partial charge is 0.191 e. The molecular formula is C11H14FN3. The summed E-state index contributed by atoms with van der Waals surface area (Å²) < 4.78 is 13.4. The topological polar surface area (TPSA) is 36.4 Å². The van der Waals surface area contributed by atoms with Gasteiger partial charge in [-0.15, -0.1) is 0 Å². The van der Waals surface area contributed by atoms with Crippen LogP contribution in [0.5, 0.6) is 0 Å². The molecule has 2 rings (SSSR count). The normalized spacial score (nSPS) is 16.8. The molecule has 1 aliphatic rings. The van der Waals surface area contributed by atoms with Gasteiger partial charge >= 0.3 is 0 Å². The third-order valence-corrected chi connectivity index (χ3v) is 2.40. The number of rotatable bonds is 2. The van der Waals surface area contributed by atoms with E-state index in [1.165, 1.54) is 6.07 Å². The maximum Gasteiger partial charge on any atom is 0.191 e. The van der Waals surface area contributed by atoms with Crippen LogP contribution in [0, 0.1) is 5.82 Å². The second-order valence-corrected chi connectivity index (χ2v) is 3.54. The second-order valence-electron chi connectivity index (χ2n) is 3.54. The molecule has 0 radical (unpaired) electrons. The molecule has 0 spiro atoms. The number of halogens is 1. The molecule has 0 saturated carbocycles. The Kier molecular flexibility index (Phi) is 2.85. The number of guanidine groups is 1. The van der Waals surface area contributed by atoms with Gasteiger partial charge in [0.15, 0.2) is 5.96 Å². The fourth-order valence-electron chi connectivity index (χ4n) is 1.60. The van der Waals surface area contributed by atoms with E-state index >= 15 is 0 Å². The Morgan fingerprint density at radius 3 is 2.93 bits per heavy atom. The van der Waals surface area contributed by atoms with Gasteiger partial charge in [0.25, 0.3) is 0 Å². The molecule has 1 heterocycles. The first-order chi connectivity index (χ1) is 7.27. The molecule has 0 bridgehead atoms. The predicted octanol–water partition coefficient (Wildman–Crippen LogP) is 1.44. The minimum Gasteiger partial charge on any atom is -0.355 e. The third-order valence-electron chi connectivity index (χ3n) is 2.40. The van der Waals surface area contributed by atoms with Gasteiger partial charge < -0.3 is 10.6 Å². The van der Waals surface area contributed by atoms with Crippen molar-refractivity contribution in [2.45, 2.75) is 13.0 Å². The Morgan fingerprint density at radius 2 is 2.27 bits per heavy atom. The van der Waals surface area contributed by atoms with E-state index < -0.39 is 0 Å². The average Bonchev–Trinajstić information content (AvgIpc) is 2.71. The molecule has 2 N–H and O–H groups in total. The summed E-state index contributed by atoms with van der Waals surface area (Å²) in [7, 11) is 0. The van der Waals surface area contributed by atoms with E-state index in [0.29, 0.717) is 5.56 Å². The molecule has 1 unspecified atom stereocenters. The lowest BCUT2D eigenvalue weighted by atomic mass is 10.1. The molecule has 1 aromatic carbocycles. The molecule has 15 heavy (non-hydrogen) atoms. The minimum atomic E-state index is -0.184. The lowest BCUT2D eigenvalue weighted by Crippen LogP contribution is -2.35. The maximum atomic E-state index is 13.4. The predicted molar refractivity (Wildman–Crippen MR) is 58.3 cm³/mol. The van der Waals surface area contributed by atoms with Crippen molar-refractivity contribution < 1.29 is 4.39 Å². The van der Waals surface area contributed by atoms with Gasteiger partial charge in [-0.05, 0) is 13.0 Å². The summed E-state index contributed by atoms with van der Waals surface area (Å²) in [4.78, 5) is 4.20. The fourth-order valence-corrected chi connectivity index (χ4v) is 1.60. The highest BCUT2D eigenvalue weighted by Crippen LogP contribution is 2.15. The van der Waals surface area contributed by atoms with Crippen LogP contribution in [0.15, 0.2) is 29.3 Å². The average molecular weight is 207 g/mol. The van der Waals surface area contributed by atoms with Crippen molar-refractivity contribution in [3.8, 4) is 0 Å². The maximum absolute atomic E-state index is 13.4. The number of hydrogen-bond donors (Lipinski definition) is 2. The summed E-state index contributed by atoms with van der Waals surface area (Å²) in [5, 5.41) is 6.23. The zero-order valence-corrected chi connectivity index (χ0v) is 8.63. The van der Waals surface area contributed by atoms with Crippen LogP contribution in [0.4, 0.5) is 4.39 Å². The van der Waals surface area contributed by atoms with Crippen molar-refractivity contribution in [3.63, 3.8) is 0 Å². The van der Waals surface area contributed by atoms with Crippen LogP contribution in [-0.2, 0) is 0 Å². The Labute approximate surface area is 88.4 Å². The summed E-state index contributed by atoms with van der Waals surface area (Å²) >= 11 is 0. The molecule has 0 amide bonds. The number of nitrogens with one attached hydrogen (secondary N) is 2. The monoisotopic (exact) mass is 207 g/mol. The minimum absolute atomic E-state index is 0.0736. The van der Waals surface area contributed by atoms with Crippen molar-refractivity contribution >= 4 is 5.96 Å². The molecule has 3 nitrogen and oxygen atoms in total. The number of aliphatic imine (C=N–C) groups is 1. The van der Waals surface area contributed by atoms with Crippen LogP contribution in [0.3, 0.4) is 0 Å². The summed E-state index contributed by atoms with van der Waals surface area (Å²) in [5.74, 6) is 0.571. The van der Waals surface area contributed by atoms with Crippen molar-refractivity contribution in [1.29, 1.82) is 0 Å². The molecule has 80 valence electrons. The van der Waals surface area contributed by atoms with Crippen LogP contribution >= 0.6 is 0 Å². The van der Waals surface area contributed by atoms with E-state index in [4.69, 9.17) is 0 Å². The number of hydrogen-bond acceptors (Lipinski definition) is 3. The van der Waals surface area contributed by atoms with Gasteiger partial charge in [-0.2, -0.15) is 0 Å². The highest BCUT2D eigenvalue weighted by Gasteiger charge is 2.13. The highest BCUT2D eigenvalue weighted by atomic mass is 19.1. The van der Waals surface area contributed by atoms with Crippen LogP contribution in [0.2, 0.25) is 0 Å². The van der Waals surface area contributed by atoms with E-state index in [2.05, 4.69) is 15.6 Å². The molecule has 0 aliphatic carbocycles.